The largest absolute Gasteiger partial charge is 0.349 e. The predicted octanol–water partition coefficient (Wildman–Crippen LogP) is 10.2. The number of aromatic amines is 4. The molecule has 3 saturated heterocycles. The number of nitrogens with one attached hydrogen (secondary N) is 5. The molecule has 11 aliphatic heterocycles. The third-order valence-corrected chi connectivity index (χ3v) is 25.1. The third-order valence-electron chi connectivity index (χ3n) is 25.1. The second kappa shape index (κ2) is 35.8. The Morgan fingerprint density at radius 2 is 0.678 bits per heavy atom. The molecule has 19 rings (SSSR count). The fourth-order valence-corrected chi connectivity index (χ4v) is 17.6. The van der Waals surface area contributed by atoms with Gasteiger partial charge >= 0.3 is 22.8 Å². The quantitative estimate of drug-likeness (QED) is 0.0498. The van der Waals surface area contributed by atoms with Crippen LogP contribution in [0.2, 0.25) is 0 Å². The van der Waals surface area contributed by atoms with Crippen LogP contribution in [0.15, 0.2) is 178 Å². The molecule has 0 aromatic heterocycles. The van der Waals surface area contributed by atoms with Crippen molar-refractivity contribution in [2.75, 3.05) is 52.4 Å². The lowest BCUT2D eigenvalue weighted by Crippen LogP contribution is -2.42. The highest BCUT2D eigenvalue weighted by atomic mass is 16.2. The summed E-state index contributed by atoms with van der Waals surface area (Å²) >= 11 is 0. The summed E-state index contributed by atoms with van der Waals surface area (Å²) in [7, 11) is 0. The van der Waals surface area contributed by atoms with Gasteiger partial charge in [0.15, 0.2) is 46.1 Å². The molecule has 3 unspecified atom stereocenters. The lowest BCUT2D eigenvalue weighted by Gasteiger charge is -2.36. The van der Waals surface area contributed by atoms with Gasteiger partial charge < -0.3 is 28.5 Å². The highest BCUT2D eigenvalue weighted by Gasteiger charge is 2.31. The van der Waals surface area contributed by atoms with Crippen molar-refractivity contribution in [2.24, 2.45) is 0 Å². The summed E-state index contributed by atoms with van der Waals surface area (Å²) in [6, 6.07) is 49.7. The maximum absolute atomic E-state index is 12.5. The van der Waals surface area contributed by atoms with Crippen LogP contribution in [-0.2, 0) is 39.0 Å². The van der Waals surface area contributed by atoms with E-state index in [1.165, 1.54) is 68.1 Å². The van der Waals surface area contributed by atoms with E-state index in [-0.39, 0.29) is 22.8 Å². The first-order valence-corrected chi connectivity index (χ1v) is 42.2. The number of piperidine rings is 1. The van der Waals surface area contributed by atoms with Crippen molar-refractivity contribution in [1.82, 2.24) is 98.1 Å². The van der Waals surface area contributed by atoms with Gasteiger partial charge in [0.05, 0.1) is 44.1 Å². The van der Waals surface area contributed by atoms with Gasteiger partial charge in [0.2, 0.25) is 0 Å². The molecule has 11 heterocycles. The molecule has 7 aromatic rings. The third kappa shape index (κ3) is 18.2. The molecular weight excluding hydrogens is 1530 g/mol. The average Bonchev–Trinajstić information content (AvgIpc) is 1.28. The van der Waals surface area contributed by atoms with Gasteiger partial charge in [0.1, 0.15) is 0 Å². The standard InChI is InChI=1S/C26H29N5O2.C25H27N5O2.C24H25N5O2.C18H21N5O2/c1-17-14-21-22(15-18(17)2)31(24-23(27-21)25(32)29-26(33)28-24)13-12-30-11-7-6-10-20(30)16-19-8-4-3-5-9-19;1-16-13-20-21(14-17(16)2)30(23-22(26-20)24(31)28-25(32)27-23)12-11-29-10-6-9-19(29)15-18-7-4-3-5-8-18;1-15-12-19-20(13-16(15)2)29(22-21(25-19)23(30)27-24(31)26-22)11-10-28-9-8-18(14-28)17-6-4-3-5-7-17;1-10-8-13-14(9-11(10)2)23(7-6-19-12-4-3-5-12)16-15(20-13)17(24)22-18(25)21-16/h3-5,8-9,14-15,20H,6-7,10-13,16H2,1-2H3,(H,29,32,33);3-5,7-8,13-14,19H,6,9-12,15H2,1-2H3,(H,28,31,32);3-7,12-13,18H,8-11,14H2,1-2H3,(H,27,30,31);8-9,12,19H,3-7H2,1-2H3,(H,22,24,25). The molecule has 3 atom stereocenters. The number of fused-ring (bicyclic) bond motifs is 8. The zero-order chi connectivity index (χ0) is 84.3. The highest BCUT2D eigenvalue weighted by Crippen LogP contribution is 2.33. The molecule has 1 aliphatic carbocycles. The van der Waals surface area contributed by atoms with E-state index < -0.39 is 45.0 Å². The molecule has 121 heavy (non-hydrogen) atoms. The summed E-state index contributed by atoms with van der Waals surface area (Å²) in [4.78, 5) is 148. The van der Waals surface area contributed by atoms with Gasteiger partial charge in [0, 0.05) is 77.0 Å². The average molecular weight is 1630 g/mol. The lowest BCUT2D eigenvalue weighted by molar-refractivity contribution is 0.142. The summed E-state index contributed by atoms with van der Waals surface area (Å²) in [5.41, 5.74) is 16.0. The van der Waals surface area contributed by atoms with Crippen LogP contribution in [-0.4, -0.2) is 163 Å². The first-order valence-electron chi connectivity index (χ1n) is 42.2. The number of likely N-dealkylation sites (tertiary alicyclic amines) is 3. The number of benzene rings is 7. The SMILES string of the molecule is Cc1cc2nc3c(=O)[nH]c(=O)nc-3n(CCN3CCC(c4ccccc4)C3)c2cc1C.Cc1cc2nc3c(=O)[nH]c(=O)nc-3n(CCN3CCCC3Cc3ccccc3)c2cc1C.Cc1cc2nc3c(=O)[nH]c(=O)nc-3n(CCN3CCCCC3Cc3ccccc3)c2cc1C.Cc1cc2nc3c(=O)[nH]c(=O)nc-3n(CCNC3CCC3)c2cc1C. The minimum atomic E-state index is -0.637. The van der Waals surface area contributed by atoms with Gasteiger partial charge in [-0.1, -0.05) is 104 Å². The van der Waals surface area contributed by atoms with Crippen molar-refractivity contribution in [2.45, 2.75) is 176 Å². The minimum Gasteiger partial charge on any atom is -0.321 e. The smallest absolute Gasteiger partial charge is 0.321 e. The monoisotopic (exact) mass is 1630 g/mol. The van der Waals surface area contributed by atoms with Gasteiger partial charge in [-0.05, 0) is 248 Å². The number of rotatable bonds is 18. The van der Waals surface area contributed by atoms with E-state index in [4.69, 9.17) is 0 Å². The first kappa shape index (κ1) is 82.2. The van der Waals surface area contributed by atoms with Crippen LogP contribution in [0.4, 0.5) is 0 Å². The van der Waals surface area contributed by atoms with E-state index >= 15 is 0 Å². The zero-order valence-corrected chi connectivity index (χ0v) is 69.8. The summed E-state index contributed by atoms with van der Waals surface area (Å²) in [6.07, 6.45) is 12.9. The van der Waals surface area contributed by atoms with Crippen molar-refractivity contribution in [1.29, 1.82) is 0 Å². The number of nitrogens with zero attached hydrogens (tertiary/aromatic N) is 15. The van der Waals surface area contributed by atoms with Crippen molar-refractivity contribution in [3.05, 3.63) is 284 Å². The number of hydrogen-bond acceptors (Lipinski definition) is 20. The van der Waals surface area contributed by atoms with Crippen LogP contribution in [0.1, 0.15) is 125 Å². The van der Waals surface area contributed by atoms with Gasteiger partial charge in [-0.3, -0.25) is 48.9 Å². The Morgan fingerprint density at radius 3 is 1.05 bits per heavy atom. The fourth-order valence-electron chi connectivity index (χ4n) is 17.6. The van der Waals surface area contributed by atoms with Crippen LogP contribution >= 0.6 is 0 Å². The van der Waals surface area contributed by atoms with Crippen LogP contribution in [0.5, 0.6) is 0 Å². The van der Waals surface area contributed by atoms with Crippen LogP contribution in [0, 0.1) is 55.4 Å². The van der Waals surface area contributed by atoms with Crippen molar-refractivity contribution in [3.8, 4) is 46.1 Å². The molecule has 1 saturated carbocycles. The molecule has 28 heteroatoms. The van der Waals surface area contributed by atoms with E-state index in [9.17, 15) is 38.4 Å². The predicted molar refractivity (Wildman–Crippen MR) is 472 cm³/mol. The molecule has 5 N–H and O–H groups in total. The fraction of sp³-hybridized carbons (Fsp3) is 0.376. The number of aryl methyl sites for hydroxylation is 8. The molecule has 0 amide bonds. The maximum atomic E-state index is 12.5. The van der Waals surface area contributed by atoms with Crippen molar-refractivity contribution in [3.63, 3.8) is 0 Å². The molecule has 0 bridgehead atoms. The molecule has 28 nitrogen and oxygen atoms in total. The van der Waals surface area contributed by atoms with E-state index in [0.717, 1.165) is 160 Å². The first-order chi connectivity index (χ1) is 58.5. The highest BCUT2D eigenvalue weighted by molar-refractivity contribution is 5.84. The molecule has 622 valence electrons. The molecule has 7 aromatic carbocycles. The summed E-state index contributed by atoms with van der Waals surface area (Å²) in [6.45, 7) is 26.3. The Hall–Kier alpha value is -12.5. The summed E-state index contributed by atoms with van der Waals surface area (Å²) in [5.74, 6) is 1.95. The maximum Gasteiger partial charge on any atom is 0.349 e. The number of aromatic nitrogens is 16. The summed E-state index contributed by atoms with van der Waals surface area (Å²) < 4.78 is 7.93. The minimum absolute atomic E-state index is 0.207. The van der Waals surface area contributed by atoms with Gasteiger partial charge in [0.25, 0.3) is 22.2 Å². The second-order valence-corrected chi connectivity index (χ2v) is 33.1. The molecule has 0 spiro atoms. The second-order valence-electron chi connectivity index (χ2n) is 33.1. The Bertz CT molecular complexity index is 6710. The number of H-pyrrole nitrogens is 4. The Kier molecular flexibility index (Phi) is 24.3. The molecule has 4 fully saturated rings. The van der Waals surface area contributed by atoms with Crippen molar-refractivity contribution < 1.29 is 0 Å². The number of hydrogen-bond donors (Lipinski definition) is 5. The van der Waals surface area contributed by atoms with Crippen LogP contribution in [0.3, 0.4) is 0 Å². The van der Waals surface area contributed by atoms with E-state index in [1.54, 1.807) is 0 Å². The van der Waals surface area contributed by atoms with E-state index in [1.807, 2.05) is 83.2 Å². The Labute approximate surface area is 697 Å². The topological polar surface area (TPSA) is 344 Å². The Balaban J connectivity index is 0.000000120. The zero-order valence-electron chi connectivity index (χ0n) is 69.8. The molecule has 12 aliphatic rings. The summed E-state index contributed by atoms with van der Waals surface area (Å²) in [5, 5.41) is 3.52. The van der Waals surface area contributed by atoms with Crippen molar-refractivity contribution >= 4 is 44.1 Å². The van der Waals surface area contributed by atoms with Gasteiger partial charge in [-0.25, -0.2) is 39.1 Å². The van der Waals surface area contributed by atoms with Gasteiger partial charge in [-0.15, -0.1) is 0 Å². The van der Waals surface area contributed by atoms with E-state index in [0.29, 0.717) is 73.5 Å². The lowest BCUT2D eigenvalue weighted by atomic mass is 9.93. The Morgan fingerprint density at radius 1 is 0.339 bits per heavy atom. The van der Waals surface area contributed by atoms with E-state index in [2.05, 4.69) is 210 Å². The van der Waals surface area contributed by atoms with Crippen LogP contribution < -0.4 is 50.3 Å². The normalized spacial score (nSPS) is 16.6. The van der Waals surface area contributed by atoms with Gasteiger partial charge in [-0.2, -0.15) is 19.9 Å². The molecular formula is C93H102N20O8. The van der Waals surface area contributed by atoms with Crippen LogP contribution in [0.25, 0.3) is 90.2 Å². The molecule has 0 radical (unpaired) electrons.